The first-order valence-corrected chi connectivity index (χ1v) is 12.2. The van der Waals surface area contributed by atoms with Crippen LogP contribution in [0.25, 0.3) is 0 Å². The summed E-state index contributed by atoms with van der Waals surface area (Å²) in [5, 5.41) is 4.95. The molecule has 0 bridgehead atoms. The summed E-state index contributed by atoms with van der Waals surface area (Å²) in [7, 11) is 0. The summed E-state index contributed by atoms with van der Waals surface area (Å²) in [6.07, 6.45) is 0. The zero-order valence-electron chi connectivity index (χ0n) is 19.0. The van der Waals surface area contributed by atoms with E-state index in [2.05, 4.69) is 27.0 Å². The smallest absolute Gasteiger partial charge is 0.251 e. The molecule has 33 heavy (non-hydrogen) atoms. The predicted octanol–water partition coefficient (Wildman–Crippen LogP) is 4.49. The molecular weight excluding hydrogens is 439 g/mol. The number of halogens is 1. The van der Waals surface area contributed by atoms with Gasteiger partial charge in [-0.1, -0.05) is 13.0 Å². The fourth-order valence-corrected chi connectivity index (χ4v) is 4.56. The summed E-state index contributed by atoms with van der Waals surface area (Å²) in [6.45, 7) is 9.14. The normalized spacial score (nSPS) is 15.3. The molecule has 1 amide bonds. The van der Waals surface area contributed by atoms with Crippen LogP contribution in [-0.4, -0.2) is 48.5 Å². The predicted molar refractivity (Wildman–Crippen MR) is 129 cm³/mol. The van der Waals surface area contributed by atoms with E-state index in [0.29, 0.717) is 17.9 Å². The number of hydrogen-bond acceptors (Lipinski definition) is 6. The van der Waals surface area contributed by atoms with Gasteiger partial charge in [-0.25, -0.2) is 9.37 Å². The lowest BCUT2D eigenvalue weighted by Crippen LogP contribution is -2.46. The molecule has 1 unspecified atom stereocenters. The van der Waals surface area contributed by atoms with Gasteiger partial charge in [-0.05, 0) is 49.9 Å². The van der Waals surface area contributed by atoms with Crippen LogP contribution < -0.4 is 15.0 Å². The molecule has 1 N–H and O–H groups in total. The number of anilines is 1. The summed E-state index contributed by atoms with van der Waals surface area (Å²) >= 11 is 1.51. The monoisotopic (exact) mass is 468 g/mol. The Morgan fingerprint density at radius 1 is 1.21 bits per heavy atom. The Hall–Kier alpha value is -2.97. The molecule has 1 fully saturated rings. The number of piperazine rings is 1. The van der Waals surface area contributed by atoms with Gasteiger partial charge in [-0.15, -0.1) is 11.3 Å². The van der Waals surface area contributed by atoms with Crippen LogP contribution >= 0.6 is 11.3 Å². The Morgan fingerprint density at radius 3 is 2.76 bits per heavy atom. The van der Waals surface area contributed by atoms with Gasteiger partial charge in [0.05, 0.1) is 17.2 Å². The van der Waals surface area contributed by atoms with Crippen molar-refractivity contribution in [2.24, 2.45) is 0 Å². The van der Waals surface area contributed by atoms with Crippen LogP contribution in [0.5, 0.6) is 5.75 Å². The summed E-state index contributed by atoms with van der Waals surface area (Å²) < 4.78 is 19.9. The second kappa shape index (κ2) is 10.8. The molecule has 1 atom stereocenters. The van der Waals surface area contributed by atoms with Gasteiger partial charge in [0.1, 0.15) is 18.2 Å². The number of likely N-dealkylation sites (N-methyl/N-ethyl adjacent to an activating group) is 1. The number of ether oxygens (including phenoxy) is 1. The first-order valence-electron chi connectivity index (χ1n) is 11.2. The number of nitrogens with one attached hydrogen (secondary N) is 1. The minimum absolute atomic E-state index is 0.229. The number of rotatable bonds is 8. The topological polar surface area (TPSA) is 57.7 Å². The average molecular weight is 469 g/mol. The van der Waals surface area contributed by atoms with Crippen molar-refractivity contribution in [2.45, 2.75) is 26.5 Å². The van der Waals surface area contributed by atoms with E-state index in [9.17, 15) is 9.18 Å². The largest absolute Gasteiger partial charge is 0.487 e. The van der Waals surface area contributed by atoms with E-state index in [4.69, 9.17) is 4.74 Å². The summed E-state index contributed by atoms with van der Waals surface area (Å²) in [5.41, 5.74) is 4.85. The summed E-state index contributed by atoms with van der Waals surface area (Å²) in [4.78, 5) is 21.8. The van der Waals surface area contributed by atoms with Crippen LogP contribution in [0.2, 0.25) is 0 Å². The second-order valence-corrected chi connectivity index (χ2v) is 8.83. The lowest BCUT2D eigenvalue weighted by Gasteiger charge is -2.37. The molecule has 0 saturated carbocycles. The molecule has 1 saturated heterocycles. The highest BCUT2D eigenvalue weighted by Gasteiger charge is 2.22. The maximum Gasteiger partial charge on any atom is 0.251 e. The molecular formula is C25H29FN4O2S. The second-order valence-electron chi connectivity index (χ2n) is 8.12. The van der Waals surface area contributed by atoms with Gasteiger partial charge in [-0.3, -0.25) is 4.79 Å². The molecule has 0 aliphatic carbocycles. The van der Waals surface area contributed by atoms with Gasteiger partial charge in [0, 0.05) is 48.4 Å². The van der Waals surface area contributed by atoms with E-state index in [1.807, 2.05) is 24.4 Å². The third-order valence-electron chi connectivity index (χ3n) is 5.93. The first kappa shape index (κ1) is 23.2. The fraction of sp³-hybridized carbons (Fsp3) is 0.360. The quantitative estimate of drug-likeness (QED) is 0.528. The third kappa shape index (κ3) is 5.89. The molecule has 1 aromatic heterocycles. The van der Waals surface area contributed by atoms with Crippen molar-refractivity contribution in [2.75, 3.05) is 37.6 Å². The van der Waals surface area contributed by atoms with Crippen LogP contribution in [0.3, 0.4) is 0 Å². The van der Waals surface area contributed by atoms with E-state index < -0.39 is 0 Å². The number of hydrogen-bond donors (Lipinski definition) is 1. The van der Waals surface area contributed by atoms with Gasteiger partial charge in [0.15, 0.2) is 0 Å². The molecule has 2 aromatic carbocycles. The van der Waals surface area contributed by atoms with Crippen LogP contribution in [0.4, 0.5) is 10.1 Å². The maximum atomic E-state index is 14.1. The first-order chi connectivity index (χ1) is 16.0. The molecule has 8 heteroatoms. The van der Waals surface area contributed by atoms with Crippen LogP contribution in [0.15, 0.2) is 53.4 Å². The van der Waals surface area contributed by atoms with Gasteiger partial charge >= 0.3 is 0 Å². The van der Waals surface area contributed by atoms with Crippen LogP contribution in [0.1, 0.15) is 41.5 Å². The zero-order chi connectivity index (χ0) is 23.2. The Morgan fingerprint density at radius 2 is 2.03 bits per heavy atom. The number of amides is 1. The SMILES string of the molecule is CCN1CCN(c2ccc(F)cc2C(C)NC(=O)c2cccc(OCc3cscn3)c2)CC1. The maximum absolute atomic E-state index is 14.1. The summed E-state index contributed by atoms with van der Waals surface area (Å²) in [5.74, 6) is 0.0654. The van der Waals surface area contributed by atoms with Crippen molar-refractivity contribution in [3.63, 3.8) is 0 Å². The number of nitrogens with zero attached hydrogens (tertiary/aromatic N) is 3. The van der Waals surface area contributed by atoms with Gasteiger partial charge < -0.3 is 19.9 Å². The molecule has 6 nitrogen and oxygen atoms in total. The van der Waals surface area contributed by atoms with E-state index in [1.165, 1.54) is 23.5 Å². The minimum Gasteiger partial charge on any atom is -0.487 e. The molecule has 1 aliphatic heterocycles. The minimum atomic E-state index is -0.355. The van der Waals surface area contributed by atoms with E-state index in [1.54, 1.807) is 23.7 Å². The Balaban J connectivity index is 1.45. The summed E-state index contributed by atoms with van der Waals surface area (Å²) in [6, 6.07) is 11.5. The van der Waals surface area contributed by atoms with Crippen LogP contribution in [-0.2, 0) is 6.61 Å². The van der Waals surface area contributed by atoms with E-state index in [-0.39, 0.29) is 17.8 Å². The van der Waals surface area contributed by atoms with Crippen molar-refractivity contribution in [1.82, 2.24) is 15.2 Å². The molecule has 1 aliphatic rings. The zero-order valence-corrected chi connectivity index (χ0v) is 19.8. The number of benzene rings is 2. The van der Waals surface area contributed by atoms with Gasteiger partial charge in [0.25, 0.3) is 5.91 Å². The number of carbonyl (C=O) groups excluding carboxylic acids is 1. The van der Waals surface area contributed by atoms with E-state index in [0.717, 1.165) is 49.7 Å². The average Bonchev–Trinajstić information content (AvgIpc) is 3.37. The number of carbonyl (C=O) groups is 1. The molecule has 2 heterocycles. The number of thiazole rings is 1. The van der Waals surface area contributed by atoms with E-state index >= 15 is 0 Å². The standard InChI is InChI=1S/C25H29FN4O2S/c1-3-29-9-11-30(12-10-29)24-8-7-20(26)14-23(24)18(2)28-25(31)19-5-4-6-22(13-19)32-15-21-16-33-17-27-21/h4-8,13-14,16-18H,3,9-12,15H2,1-2H3,(H,28,31). The fourth-order valence-electron chi connectivity index (χ4n) is 4.02. The highest BCUT2D eigenvalue weighted by Crippen LogP contribution is 2.29. The van der Waals surface area contributed by atoms with Gasteiger partial charge in [0.2, 0.25) is 0 Å². The lowest BCUT2D eigenvalue weighted by atomic mass is 10.0. The molecule has 4 rings (SSSR count). The van der Waals surface area contributed by atoms with Crippen molar-refractivity contribution < 1.29 is 13.9 Å². The van der Waals surface area contributed by atoms with Gasteiger partial charge in [-0.2, -0.15) is 0 Å². The highest BCUT2D eigenvalue weighted by molar-refractivity contribution is 7.07. The van der Waals surface area contributed by atoms with Crippen LogP contribution in [0, 0.1) is 5.82 Å². The number of aromatic nitrogens is 1. The molecule has 174 valence electrons. The molecule has 0 spiro atoms. The Labute approximate surface area is 198 Å². The van der Waals surface area contributed by atoms with Crippen molar-refractivity contribution >= 4 is 22.9 Å². The van der Waals surface area contributed by atoms with Crippen molar-refractivity contribution in [3.05, 3.63) is 76.0 Å². The van der Waals surface area contributed by atoms with Crippen molar-refractivity contribution in [3.8, 4) is 5.75 Å². The highest BCUT2D eigenvalue weighted by atomic mass is 32.1. The molecule has 0 radical (unpaired) electrons. The van der Waals surface area contributed by atoms with Crippen molar-refractivity contribution in [1.29, 1.82) is 0 Å². The Bertz CT molecular complexity index is 1070. The molecule has 3 aromatic rings. The Kier molecular flexibility index (Phi) is 7.57. The third-order valence-corrected chi connectivity index (χ3v) is 6.57. The lowest BCUT2D eigenvalue weighted by molar-refractivity contribution is 0.0939.